The minimum atomic E-state index is 0.324. The molecule has 2 aromatic rings. The molecule has 0 aromatic heterocycles. The number of hydrogen-bond donors (Lipinski definition) is 1. The van der Waals surface area contributed by atoms with Crippen LogP contribution in [0.15, 0.2) is 42.5 Å². The zero-order chi connectivity index (χ0) is 15.1. The van der Waals surface area contributed by atoms with Crippen LogP contribution in [0, 0.1) is 0 Å². The second-order valence-electron chi connectivity index (χ2n) is 4.45. The molecule has 110 valence electrons. The van der Waals surface area contributed by atoms with Crippen LogP contribution in [-0.4, -0.2) is 13.0 Å². The lowest BCUT2D eigenvalue weighted by molar-refractivity contribution is -0.109. The predicted molar refractivity (Wildman–Crippen MR) is 85.0 cm³/mol. The molecule has 1 amide bonds. The number of amides is 1. The molecule has 0 bridgehead atoms. The molecule has 0 aliphatic carbocycles. The van der Waals surface area contributed by atoms with Crippen LogP contribution < -0.4 is 10.1 Å². The molecule has 2 aromatic carbocycles. The third-order valence-electron chi connectivity index (χ3n) is 3.01. The summed E-state index contributed by atoms with van der Waals surface area (Å²) >= 11 is 12.2. The Bertz CT molecular complexity index is 579. The van der Waals surface area contributed by atoms with Gasteiger partial charge in [0.25, 0.3) is 0 Å². The normalized spacial score (nSPS) is 10.2. The number of rotatable bonds is 7. The number of benzene rings is 2. The summed E-state index contributed by atoms with van der Waals surface area (Å²) in [6.07, 6.45) is 1.49. The molecule has 21 heavy (non-hydrogen) atoms. The first-order chi connectivity index (χ1) is 10.2. The van der Waals surface area contributed by atoms with Gasteiger partial charge in [0.15, 0.2) is 0 Å². The van der Waals surface area contributed by atoms with E-state index in [4.69, 9.17) is 27.9 Å². The molecular formula is C16H15Cl2NO2. The van der Waals surface area contributed by atoms with Gasteiger partial charge in [-0.1, -0.05) is 41.4 Å². The van der Waals surface area contributed by atoms with Gasteiger partial charge in [-0.25, -0.2) is 0 Å². The topological polar surface area (TPSA) is 38.3 Å². The van der Waals surface area contributed by atoms with Gasteiger partial charge in [-0.2, -0.15) is 0 Å². The van der Waals surface area contributed by atoms with Crippen LogP contribution in [0.5, 0.6) is 5.75 Å². The standard InChI is InChI=1S/C16H15Cl2NO2/c17-15-2-1-3-16(18)14(15)10-21-13-6-4-12(5-7-13)8-9-19-11-20/h1-7,11H,8-10H2,(H,19,20). The van der Waals surface area contributed by atoms with Gasteiger partial charge >= 0.3 is 0 Å². The molecular weight excluding hydrogens is 309 g/mol. The predicted octanol–water partition coefficient (Wildman–Crippen LogP) is 3.86. The molecule has 0 saturated heterocycles. The molecule has 0 aliphatic rings. The lowest BCUT2D eigenvalue weighted by atomic mass is 10.1. The molecule has 0 spiro atoms. The van der Waals surface area contributed by atoms with E-state index in [9.17, 15) is 4.79 Å². The molecule has 0 fully saturated rings. The highest BCUT2D eigenvalue weighted by Crippen LogP contribution is 2.25. The Hall–Kier alpha value is -1.71. The van der Waals surface area contributed by atoms with Gasteiger partial charge in [0, 0.05) is 22.2 Å². The molecule has 3 nitrogen and oxygen atoms in total. The van der Waals surface area contributed by atoms with Gasteiger partial charge in [-0.15, -0.1) is 0 Å². The van der Waals surface area contributed by atoms with Crippen molar-refractivity contribution in [1.82, 2.24) is 5.32 Å². The molecule has 0 radical (unpaired) electrons. The quantitative estimate of drug-likeness (QED) is 0.620. The Morgan fingerprint density at radius 1 is 1.05 bits per heavy atom. The Morgan fingerprint density at radius 3 is 2.33 bits per heavy atom. The highest BCUT2D eigenvalue weighted by atomic mass is 35.5. The lowest BCUT2D eigenvalue weighted by Crippen LogP contribution is -2.14. The fourth-order valence-electron chi connectivity index (χ4n) is 1.85. The van der Waals surface area contributed by atoms with Crippen molar-refractivity contribution in [2.45, 2.75) is 13.0 Å². The van der Waals surface area contributed by atoms with Gasteiger partial charge in [0.2, 0.25) is 6.41 Å². The zero-order valence-electron chi connectivity index (χ0n) is 11.3. The Morgan fingerprint density at radius 2 is 1.71 bits per heavy atom. The van der Waals surface area contributed by atoms with Gasteiger partial charge in [-0.05, 0) is 36.2 Å². The van der Waals surface area contributed by atoms with E-state index in [0.717, 1.165) is 23.3 Å². The van der Waals surface area contributed by atoms with E-state index in [1.54, 1.807) is 18.2 Å². The van der Waals surface area contributed by atoms with Crippen LogP contribution in [0.4, 0.5) is 0 Å². The van der Waals surface area contributed by atoms with Gasteiger partial charge in [0.05, 0.1) is 0 Å². The Kier molecular flexibility index (Phi) is 5.90. The maximum atomic E-state index is 10.2. The summed E-state index contributed by atoms with van der Waals surface area (Å²) < 4.78 is 5.69. The van der Waals surface area contributed by atoms with Crippen molar-refractivity contribution >= 4 is 29.6 Å². The van der Waals surface area contributed by atoms with Crippen molar-refractivity contribution < 1.29 is 9.53 Å². The second-order valence-corrected chi connectivity index (χ2v) is 5.27. The van der Waals surface area contributed by atoms with E-state index in [1.807, 2.05) is 24.3 Å². The van der Waals surface area contributed by atoms with Crippen LogP contribution >= 0.6 is 23.2 Å². The fraction of sp³-hybridized carbons (Fsp3) is 0.188. The van der Waals surface area contributed by atoms with Crippen LogP contribution in [-0.2, 0) is 17.8 Å². The van der Waals surface area contributed by atoms with Crippen molar-refractivity contribution in [2.24, 2.45) is 0 Å². The van der Waals surface area contributed by atoms with E-state index in [0.29, 0.717) is 29.6 Å². The number of hydrogen-bond acceptors (Lipinski definition) is 2. The smallest absolute Gasteiger partial charge is 0.207 e. The van der Waals surface area contributed by atoms with E-state index in [1.165, 1.54) is 0 Å². The van der Waals surface area contributed by atoms with Crippen LogP contribution in [0.2, 0.25) is 10.0 Å². The van der Waals surface area contributed by atoms with E-state index in [2.05, 4.69) is 5.32 Å². The van der Waals surface area contributed by atoms with Crippen molar-refractivity contribution in [3.63, 3.8) is 0 Å². The number of carbonyl (C=O) groups excluding carboxylic acids is 1. The number of carbonyl (C=O) groups is 1. The summed E-state index contributed by atoms with van der Waals surface area (Å²) in [5.41, 5.74) is 1.91. The van der Waals surface area contributed by atoms with Crippen molar-refractivity contribution in [3.05, 3.63) is 63.6 Å². The summed E-state index contributed by atoms with van der Waals surface area (Å²) in [4.78, 5) is 10.2. The summed E-state index contributed by atoms with van der Waals surface area (Å²) in [6.45, 7) is 0.948. The summed E-state index contributed by atoms with van der Waals surface area (Å²) in [7, 11) is 0. The molecule has 0 unspecified atom stereocenters. The zero-order valence-corrected chi connectivity index (χ0v) is 12.8. The summed E-state index contributed by atoms with van der Waals surface area (Å²) in [6, 6.07) is 13.1. The Labute approximate surface area is 133 Å². The molecule has 0 saturated carbocycles. The third-order valence-corrected chi connectivity index (χ3v) is 3.72. The molecule has 0 heterocycles. The first-order valence-electron chi connectivity index (χ1n) is 6.52. The first-order valence-corrected chi connectivity index (χ1v) is 7.28. The molecule has 0 atom stereocenters. The average Bonchev–Trinajstić information content (AvgIpc) is 2.48. The summed E-state index contributed by atoms with van der Waals surface area (Å²) in [5.74, 6) is 0.748. The monoisotopic (exact) mass is 323 g/mol. The van der Waals surface area contributed by atoms with Gasteiger partial charge in [0.1, 0.15) is 12.4 Å². The highest BCUT2D eigenvalue weighted by molar-refractivity contribution is 6.35. The Balaban J connectivity index is 1.93. The minimum absolute atomic E-state index is 0.324. The fourth-order valence-corrected chi connectivity index (χ4v) is 2.36. The number of halogens is 2. The van der Waals surface area contributed by atoms with Crippen LogP contribution in [0.1, 0.15) is 11.1 Å². The van der Waals surface area contributed by atoms with Gasteiger partial charge < -0.3 is 10.1 Å². The average molecular weight is 324 g/mol. The third kappa shape index (κ3) is 4.66. The maximum Gasteiger partial charge on any atom is 0.207 e. The van der Waals surface area contributed by atoms with E-state index < -0.39 is 0 Å². The van der Waals surface area contributed by atoms with E-state index >= 15 is 0 Å². The minimum Gasteiger partial charge on any atom is -0.489 e. The van der Waals surface area contributed by atoms with Crippen molar-refractivity contribution in [2.75, 3.05) is 6.54 Å². The second kappa shape index (κ2) is 7.91. The van der Waals surface area contributed by atoms with Crippen molar-refractivity contribution in [3.8, 4) is 5.75 Å². The van der Waals surface area contributed by atoms with Gasteiger partial charge in [-0.3, -0.25) is 4.79 Å². The highest BCUT2D eigenvalue weighted by Gasteiger charge is 2.06. The van der Waals surface area contributed by atoms with Crippen LogP contribution in [0.3, 0.4) is 0 Å². The number of ether oxygens (including phenoxy) is 1. The maximum absolute atomic E-state index is 10.2. The molecule has 1 N–H and O–H groups in total. The van der Waals surface area contributed by atoms with Crippen molar-refractivity contribution in [1.29, 1.82) is 0 Å². The SMILES string of the molecule is O=CNCCc1ccc(OCc2c(Cl)cccc2Cl)cc1. The van der Waals surface area contributed by atoms with E-state index in [-0.39, 0.29) is 0 Å². The largest absolute Gasteiger partial charge is 0.489 e. The van der Waals surface area contributed by atoms with Crippen LogP contribution in [0.25, 0.3) is 0 Å². The molecule has 5 heteroatoms. The molecule has 0 aliphatic heterocycles. The molecule has 2 rings (SSSR count). The summed E-state index contributed by atoms with van der Waals surface area (Å²) in [5, 5.41) is 3.82. The lowest BCUT2D eigenvalue weighted by Gasteiger charge is -2.10. The number of nitrogens with one attached hydrogen (secondary N) is 1. The first kappa shape index (κ1) is 15.7.